The molecule has 0 aliphatic carbocycles. The zero-order chi connectivity index (χ0) is 20.2. The van der Waals surface area contributed by atoms with Crippen LogP contribution in [-0.2, 0) is 5.75 Å². The summed E-state index contributed by atoms with van der Waals surface area (Å²) in [5.74, 6) is 0.240. The average molecular weight is 404 g/mol. The summed E-state index contributed by atoms with van der Waals surface area (Å²) in [6.07, 6.45) is 0. The highest BCUT2D eigenvalue weighted by molar-refractivity contribution is 7.98. The largest absolute Gasteiger partial charge is 0.333 e. The monoisotopic (exact) mass is 404 g/mol. The van der Waals surface area contributed by atoms with E-state index < -0.39 is 4.92 Å². The van der Waals surface area contributed by atoms with Gasteiger partial charge in [-0.15, -0.1) is 0 Å². The minimum absolute atomic E-state index is 0.0727. The molecule has 0 bridgehead atoms. The molecule has 4 rings (SSSR count). The maximum atomic E-state index is 12.8. The van der Waals surface area contributed by atoms with Gasteiger partial charge in [-0.05, 0) is 29.8 Å². The summed E-state index contributed by atoms with van der Waals surface area (Å²) < 4.78 is 0. The van der Waals surface area contributed by atoms with Gasteiger partial charge in [-0.3, -0.25) is 14.9 Å². The van der Waals surface area contributed by atoms with Gasteiger partial charge >= 0.3 is 0 Å². The van der Waals surface area contributed by atoms with Gasteiger partial charge in [0.15, 0.2) is 5.16 Å². The number of nitro groups is 1. The molecule has 1 heterocycles. The number of benzene rings is 3. The summed E-state index contributed by atoms with van der Waals surface area (Å²) in [5, 5.41) is 14.4. The molecule has 1 amide bonds. The van der Waals surface area contributed by atoms with E-state index in [9.17, 15) is 14.9 Å². The van der Waals surface area contributed by atoms with Crippen molar-refractivity contribution < 1.29 is 9.72 Å². The highest BCUT2D eigenvalue weighted by Gasteiger charge is 2.14. The normalized spacial score (nSPS) is 10.8. The van der Waals surface area contributed by atoms with Crippen molar-refractivity contribution in [3.63, 3.8) is 0 Å². The number of thioether (sulfide) groups is 1. The zero-order valence-corrected chi connectivity index (χ0v) is 16.0. The molecule has 0 saturated carbocycles. The van der Waals surface area contributed by atoms with Crippen molar-refractivity contribution in [1.82, 2.24) is 9.97 Å². The molecule has 7 nitrogen and oxygen atoms in total. The number of H-pyrrole nitrogens is 1. The first kappa shape index (κ1) is 18.7. The molecule has 8 heteroatoms. The van der Waals surface area contributed by atoms with Crippen molar-refractivity contribution in [3.8, 4) is 0 Å². The van der Waals surface area contributed by atoms with E-state index in [1.54, 1.807) is 18.2 Å². The number of carbonyl (C=O) groups excluding carboxylic acids is 1. The molecular weight excluding hydrogens is 388 g/mol. The third-order valence-corrected chi connectivity index (χ3v) is 5.23. The zero-order valence-electron chi connectivity index (χ0n) is 15.2. The van der Waals surface area contributed by atoms with Gasteiger partial charge in [0.05, 0.1) is 16.0 Å². The van der Waals surface area contributed by atoms with Crippen LogP contribution >= 0.6 is 11.8 Å². The van der Waals surface area contributed by atoms with Gasteiger partial charge in [0.25, 0.3) is 11.6 Å². The van der Waals surface area contributed by atoms with Crippen molar-refractivity contribution >= 4 is 40.1 Å². The Bertz CT molecular complexity index is 1170. The molecule has 0 fully saturated rings. The van der Waals surface area contributed by atoms with Crippen molar-refractivity contribution in [1.29, 1.82) is 0 Å². The molecule has 0 aliphatic heterocycles. The van der Waals surface area contributed by atoms with E-state index in [2.05, 4.69) is 15.3 Å². The number of aromatic nitrogens is 2. The number of anilines is 1. The standard InChI is InChI=1S/C21H16N4O3S/c26-20(22-15-7-5-8-16(12-15)25(27)28)17-9-2-1-6-14(17)13-29-21-23-18-10-3-4-11-19(18)24-21/h1-12H,13H2,(H,22,26)(H,23,24). The SMILES string of the molecule is O=C(Nc1cccc([N+](=O)[O-])c1)c1ccccc1CSc1nc2ccccc2[nH]1. The van der Waals surface area contributed by atoms with Crippen LogP contribution in [0.25, 0.3) is 11.0 Å². The number of fused-ring (bicyclic) bond motifs is 1. The number of nitrogens with zero attached hydrogens (tertiary/aromatic N) is 2. The van der Waals surface area contributed by atoms with E-state index in [1.807, 2.05) is 36.4 Å². The molecule has 29 heavy (non-hydrogen) atoms. The number of imidazole rings is 1. The van der Waals surface area contributed by atoms with Crippen molar-refractivity contribution in [3.05, 3.63) is 94.0 Å². The van der Waals surface area contributed by atoms with Crippen LogP contribution in [-0.4, -0.2) is 20.8 Å². The highest BCUT2D eigenvalue weighted by atomic mass is 32.2. The van der Waals surface area contributed by atoms with Crippen LogP contribution in [0, 0.1) is 10.1 Å². The Morgan fingerprint density at radius 3 is 2.69 bits per heavy atom. The van der Waals surface area contributed by atoms with Crippen molar-refractivity contribution in [2.75, 3.05) is 5.32 Å². The van der Waals surface area contributed by atoms with E-state index in [0.717, 1.165) is 21.8 Å². The Labute approximate surface area is 170 Å². The lowest BCUT2D eigenvalue weighted by Gasteiger charge is -2.09. The second kappa shape index (κ2) is 8.15. The summed E-state index contributed by atoms with van der Waals surface area (Å²) in [7, 11) is 0. The number of rotatable bonds is 6. The van der Waals surface area contributed by atoms with E-state index in [4.69, 9.17) is 0 Å². The molecule has 144 valence electrons. The smallest absolute Gasteiger partial charge is 0.271 e. The molecule has 0 atom stereocenters. The van der Waals surface area contributed by atoms with Gasteiger partial charge in [-0.1, -0.05) is 48.2 Å². The van der Waals surface area contributed by atoms with Crippen LogP contribution in [0.5, 0.6) is 0 Å². The number of carbonyl (C=O) groups is 1. The number of amides is 1. The fourth-order valence-corrected chi connectivity index (χ4v) is 3.80. The third-order valence-electron chi connectivity index (χ3n) is 4.31. The van der Waals surface area contributed by atoms with Crippen LogP contribution in [0.4, 0.5) is 11.4 Å². The second-order valence-electron chi connectivity index (χ2n) is 6.27. The van der Waals surface area contributed by atoms with Crippen LogP contribution < -0.4 is 5.32 Å². The van der Waals surface area contributed by atoms with Gasteiger partial charge in [0.2, 0.25) is 0 Å². The number of nitro benzene ring substituents is 1. The minimum atomic E-state index is -0.492. The maximum absolute atomic E-state index is 12.8. The molecule has 0 saturated heterocycles. The van der Waals surface area contributed by atoms with E-state index in [1.165, 1.54) is 30.0 Å². The average Bonchev–Trinajstić information content (AvgIpc) is 3.15. The van der Waals surface area contributed by atoms with Gasteiger partial charge in [0, 0.05) is 29.1 Å². The summed E-state index contributed by atoms with van der Waals surface area (Å²) in [6.45, 7) is 0. The Morgan fingerprint density at radius 1 is 1.07 bits per heavy atom. The highest BCUT2D eigenvalue weighted by Crippen LogP contribution is 2.25. The second-order valence-corrected chi connectivity index (χ2v) is 7.23. The number of aromatic amines is 1. The number of non-ortho nitro benzene ring substituents is 1. The molecule has 4 aromatic rings. The predicted octanol–water partition coefficient (Wildman–Crippen LogP) is 5.02. The lowest BCUT2D eigenvalue weighted by molar-refractivity contribution is -0.384. The van der Waals surface area contributed by atoms with E-state index in [-0.39, 0.29) is 11.6 Å². The number of nitrogens with one attached hydrogen (secondary N) is 2. The van der Waals surface area contributed by atoms with Crippen LogP contribution in [0.2, 0.25) is 0 Å². The Balaban J connectivity index is 1.50. The van der Waals surface area contributed by atoms with Gasteiger partial charge in [0.1, 0.15) is 0 Å². The fraction of sp³-hybridized carbons (Fsp3) is 0.0476. The van der Waals surface area contributed by atoms with Crippen LogP contribution in [0.15, 0.2) is 78.0 Å². The maximum Gasteiger partial charge on any atom is 0.271 e. The topological polar surface area (TPSA) is 101 Å². The molecule has 0 spiro atoms. The van der Waals surface area contributed by atoms with Crippen LogP contribution in [0.1, 0.15) is 15.9 Å². The summed E-state index contributed by atoms with van der Waals surface area (Å²) in [5.41, 5.74) is 3.53. The molecule has 2 N–H and O–H groups in total. The minimum Gasteiger partial charge on any atom is -0.333 e. The fourth-order valence-electron chi connectivity index (χ4n) is 2.91. The first-order valence-electron chi connectivity index (χ1n) is 8.81. The lowest BCUT2D eigenvalue weighted by Crippen LogP contribution is -2.14. The summed E-state index contributed by atoms with van der Waals surface area (Å²) >= 11 is 1.51. The number of hydrogen-bond donors (Lipinski definition) is 2. The Morgan fingerprint density at radius 2 is 1.86 bits per heavy atom. The van der Waals surface area contributed by atoms with Gasteiger partial charge in [-0.25, -0.2) is 4.98 Å². The molecule has 1 aromatic heterocycles. The summed E-state index contributed by atoms with van der Waals surface area (Å²) in [6, 6.07) is 21.0. The first-order valence-corrected chi connectivity index (χ1v) is 9.80. The van der Waals surface area contributed by atoms with Crippen molar-refractivity contribution in [2.45, 2.75) is 10.9 Å². The van der Waals surface area contributed by atoms with Gasteiger partial charge < -0.3 is 10.3 Å². The first-order chi connectivity index (χ1) is 14.1. The number of hydrogen-bond acceptors (Lipinski definition) is 5. The molecule has 0 radical (unpaired) electrons. The van der Waals surface area contributed by atoms with E-state index in [0.29, 0.717) is 17.0 Å². The van der Waals surface area contributed by atoms with Gasteiger partial charge in [-0.2, -0.15) is 0 Å². The molecule has 3 aromatic carbocycles. The quantitative estimate of drug-likeness (QED) is 0.267. The summed E-state index contributed by atoms with van der Waals surface area (Å²) in [4.78, 5) is 31.0. The molecule has 0 aliphatic rings. The lowest BCUT2D eigenvalue weighted by atomic mass is 10.1. The predicted molar refractivity (Wildman–Crippen MR) is 113 cm³/mol. The van der Waals surface area contributed by atoms with Crippen molar-refractivity contribution in [2.24, 2.45) is 0 Å². The molecular formula is C21H16N4O3S. The Hall–Kier alpha value is -3.65. The number of para-hydroxylation sites is 2. The van der Waals surface area contributed by atoms with Crippen LogP contribution in [0.3, 0.4) is 0 Å². The van der Waals surface area contributed by atoms with E-state index >= 15 is 0 Å². The Kier molecular flexibility index (Phi) is 5.26. The molecule has 0 unspecified atom stereocenters. The third kappa shape index (κ3) is 4.27.